The average Bonchev–Trinajstić information content (AvgIpc) is 1.58. The molecular weight excluding hydrogens is 1170 g/mol. The van der Waals surface area contributed by atoms with Gasteiger partial charge >= 0.3 is 6.09 Å². The van der Waals surface area contributed by atoms with E-state index in [2.05, 4.69) is 15.5 Å². The maximum Gasteiger partial charge on any atom is 0.410 e. The van der Waals surface area contributed by atoms with Crippen molar-refractivity contribution < 1.29 is 54.9 Å². The minimum absolute atomic E-state index is 0.0209. The number of ether oxygens (including phenoxy) is 3. The summed E-state index contributed by atoms with van der Waals surface area (Å²) in [5.41, 5.74) is 1.14. The number of nitrogens with zero attached hydrogens (tertiary/aromatic N) is 9. The van der Waals surface area contributed by atoms with Crippen molar-refractivity contribution in [2.24, 2.45) is 22.7 Å². The number of alkyl halides is 2. The topological polar surface area (TPSA) is 162 Å². The number of rotatable bonds is 18. The normalized spacial score (nSPS) is 20.8. The molecule has 7 aromatic rings. The number of benzene rings is 5. The van der Waals surface area contributed by atoms with Gasteiger partial charge in [-0.1, -0.05) is 133 Å². The Morgan fingerprint density at radius 3 is 1.44 bits per heavy atom. The van der Waals surface area contributed by atoms with Crippen molar-refractivity contribution in [2.45, 2.75) is 124 Å². The van der Waals surface area contributed by atoms with E-state index < -0.39 is 88.7 Å². The third-order valence-electron chi connectivity index (χ3n) is 16.8. The molecule has 6 heterocycles. The smallest absolute Gasteiger partial charge is 0.410 e. The van der Waals surface area contributed by atoms with Gasteiger partial charge in [0, 0.05) is 57.8 Å². The predicted molar refractivity (Wildman–Crippen MR) is 325 cm³/mol. The molecule has 0 aliphatic carbocycles. The first-order valence-electron chi connectivity index (χ1n) is 30.8. The van der Waals surface area contributed by atoms with Crippen molar-refractivity contribution in [1.82, 2.24) is 49.5 Å². The highest BCUT2D eigenvalue weighted by atomic mass is 19.2. The molecule has 4 fully saturated rings. The third-order valence-corrected chi connectivity index (χ3v) is 16.8. The number of amides is 3. The van der Waals surface area contributed by atoms with E-state index in [1.54, 1.807) is 19.2 Å². The van der Waals surface area contributed by atoms with Gasteiger partial charge in [-0.2, -0.15) is 10.2 Å². The lowest BCUT2D eigenvalue weighted by Gasteiger charge is -2.41. The van der Waals surface area contributed by atoms with Crippen LogP contribution in [0.15, 0.2) is 127 Å². The Balaban J connectivity index is 0.000000203. The van der Waals surface area contributed by atoms with Crippen molar-refractivity contribution in [3.05, 3.63) is 179 Å². The van der Waals surface area contributed by atoms with Gasteiger partial charge in [0.1, 0.15) is 54.4 Å². The maximum absolute atomic E-state index is 15.9. The largest absolute Gasteiger partial charge is 0.445 e. The lowest BCUT2D eigenvalue weighted by Crippen LogP contribution is -2.49. The first-order chi connectivity index (χ1) is 43.1. The van der Waals surface area contributed by atoms with Crippen LogP contribution in [0.4, 0.5) is 31.1 Å². The molecule has 0 bridgehead atoms. The molecule has 0 spiro atoms. The molecule has 4 aliphatic heterocycles. The van der Waals surface area contributed by atoms with E-state index in [1.165, 1.54) is 4.90 Å². The monoisotopic (exact) mass is 1240 g/mol. The highest BCUT2D eigenvalue weighted by Gasteiger charge is 2.47. The molecule has 1 N–H and O–H groups in total. The van der Waals surface area contributed by atoms with Gasteiger partial charge < -0.3 is 34.2 Å². The number of carbonyl (C=O) groups excluding carboxylic acids is 3. The van der Waals surface area contributed by atoms with Crippen LogP contribution in [0.25, 0.3) is 22.8 Å². The molecule has 2 unspecified atom stereocenters. The second-order valence-electron chi connectivity index (χ2n) is 25.8. The Kier molecular flexibility index (Phi) is 20.6. The highest BCUT2D eigenvalue weighted by molar-refractivity contribution is 5.82. The van der Waals surface area contributed by atoms with Crippen molar-refractivity contribution in [3.8, 4) is 22.8 Å². The van der Waals surface area contributed by atoms with Crippen molar-refractivity contribution in [2.75, 3.05) is 52.5 Å². The first kappa shape index (κ1) is 65.0. The molecule has 2 aromatic heterocycles. The van der Waals surface area contributed by atoms with E-state index >= 15 is 8.78 Å². The average molecular weight is 1250 g/mol. The van der Waals surface area contributed by atoms with E-state index in [1.807, 2.05) is 133 Å². The fourth-order valence-corrected chi connectivity index (χ4v) is 12.3. The van der Waals surface area contributed by atoms with Gasteiger partial charge in [-0.15, -0.1) is 0 Å². The molecule has 478 valence electrons. The SMILES string of the molecule is CC(C)(C)[C@H](c1nc(-c2cc(F)ccc2F)nn1Cc1ccccc1)N(C[C@@H]1CN(C(=O)OCc2ccccc2)C[C@@H]1F)C(=O)C1CCCO1.CC(C)(C)[C@H](c1nc(-c2cc(F)ccc2F)nn1Cc1ccccc1)N(C[C@@H]1CNC[C@@H]1F)C(=O)C1CCCO1. The first-order valence-corrected chi connectivity index (χ1v) is 30.8. The fourth-order valence-electron chi connectivity index (χ4n) is 12.3. The summed E-state index contributed by atoms with van der Waals surface area (Å²) in [4.78, 5) is 55.7. The van der Waals surface area contributed by atoms with Crippen LogP contribution in [0.2, 0.25) is 0 Å². The van der Waals surface area contributed by atoms with E-state index in [0.29, 0.717) is 57.2 Å². The number of likely N-dealkylation sites (tertiary alicyclic amines) is 1. The maximum atomic E-state index is 15.9. The van der Waals surface area contributed by atoms with Gasteiger partial charge in [0.15, 0.2) is 23.3 Å². The molecular formula is C68H78F6N10O6. The second-order valence-corrected chi connectivity index (χ2v) is 25.8. The molecule has 4 saturated heterocycles. The van der Waals surface area contributed by atoms with Crippen LogP contribution in [-0.2, 0) is 43.5 Å². The highest BCUT2D eigenvalue weighted by Crippen LogP contribution is 2.43. The summed E-state index contributed by atoms with van der Waals surface area (Å²) in [7, 11) is 0. The van der Waals surface area contributed by atoms with Gasteiger partial charge in [-0.05, 0) is 89.6 Å². The Labute approximate surface area is 520 Å². The Bertz CT molecular complexity index is 3560. The number of halogens is 6. The number of carbonyl (C=O) groups is 3. The molecule has 5 aromatic carbocycles. The fraction of sp³-hybridized carbons (Fsp3) is 0.456. The van der Waals surface area contributed by atoms with Gasteiger partial charge in [-0.25, -0.2) is 50.5 Å². The summed E-state index contributed by atoms with van der Waals surface area (Å²) >= 11 is 0. The zero-order chi connectivity index (χ0) is 63.9. The summed E-state index contributed by atoms with van der Waals surface area (Å²) in [6.07, 6.45) is -1.96. The van der Waals surface area contributed by atoms with Crippen LogP contribution >= 0.6 is 0 Å². The van der Waals surface area contributed by atoms with E-state index in [4.69, 9.17) is 24.2 Å². The number of nitrogens with one attached hydrogen (secondary N) is 1. The summed E-state index contributed by atoms with van der Waals surface area (Å²) < 4.78 is 110. The van der Waals surface area contributed by atoms with Crippen LogP contribution in [-0.4, -0.2) is 139 Å². The number of aromatic nitrogens is 6. The zero-order valence-corrected chi connectivity index (χ0v) is 51.6. The van der Waals surface area contributed by atoms with Gasteiger partial charge in [0.25, 0.3) is 11.8 Å². The molecule has 16 nitrogen and oxygen atoms in total. The van der Waals surface area contributed by atoms with Crippen molar-refractivity contribution >= 4 is 17.9 Å². The quantitative estimate of drug-likeness (QED) is 0.0814. The lowest BCUT2D eigenvalue weighted by atomic mass is 9.83. The van der Waals surface area contributed by atoms with Gasteiger partial charge in [0.2, 0.25) is 0 Å². The van der Waals surface area contributed by atoms with Crippen LogP contribution in [0, 0.1) is 45.9 Å². The Morgan fingerprint density at radius 2 is 1.03 bits per heavy atom. The van der Waals surface area contributed by atoms with Crippen LogP contribution in [0.1, 0.15) is 108 Å². The van der Waals surface area contributed by atoms with E-state index in [9.17, 15) is 31.9 Å². The summed E-state index contributed by atoms with van der Waals surface area (Å²) in [5.74, 6) is -3.55. The lowest BCUT2D eigenvalue weighted by molar-refractivity contribution is -0.148. The Hall–Kier alpha value is -7.95. The van der Waals surface area contributed by atoms with Crippen LogP contribution < -0.4 is 5.32 Å². The molecule has 11 rings (SSSR count). The second kappa shape index (κ2) is 28.5. The molecule has 4 aliphatic rings. The molecule has 8 atom stereocenters. The number of hydrogen-bond donors (Lipinski definition) is 1. The minimum atomic E-state index is -1.43. The van der Waals surface area contributed by atoms with Crippen LogP contribution in [0.5, 0.6) is 0 Å². The third kappa shape index (κ3) is 15.6. The molecule has 22 heteroatoms. The van der Waals surface area contributed by atoms with Crippen molar-refractivity contribution in [3.63, 3.8) is 0 Å². The van der Waals surface area contributed by atoms with E-state index in [-0.39, 0.29) is 80.5 Å². The molecule has 0 saturated carbocycles. The van der Waals surface area contributed by atoms with Crippen molar-refractivity contribution in [1.29, 1.82) is 0 Å². The molecule has 90 heavy (non-hydrogen) atoms. The predicted octanol–water partition coefficient (Wildman–Crippen LogP) is 11.9. The van der Waals surface area contributed by atoms with Gasteiger partial charge in [-0.3, -0.25) is 9.59 Å². The summed E-state index contributed by atoms with van der Waals surface area (Å²) in [6.45, 7) is 13.9. The van der Waals surface area contributed by atoms with Gasteiger partial charge in [0.05, 0.1) is 42.8 Å². The molecule has 0 radical (unpaired) electrons. The van der Waals surface area contributed by atoms with Crippen LogP contribution in [0.3, 0.4) is 0 Å². The minimum Gasteiger partial charge on any atom is -0.445 e. The van der Waals surface area contributed by atoms with E-state index in [0.717, 1.165) is 59.5 Å². The molecule has 3 amide bonds. The Morgan fingerprint density at radius 1 is 0.589 bits per heavy atom. The standard InChI is InChI=1S/C38H42F3N5O4.C30H36F3N5O2/c1-38(2,3)33(35-42-34(29-19-28(39)16-17-30(29)40)43-46(35)20-25-11-6-4-7-12-25)45(36(47)32-15-10-18-49-32)22-27-21-44(23-31(27)41)37(48)50-24-26-13-8-5-9-14-26;1-30(2,3)26(37(18-20-15-34-16-24(20)33)29(39)25-10-7-13-40-25)28-35-27(22-14-21(31)11-12-23(22)32)36-38(28)17-19-8-5-4-6-9-19/h4-9,11-14,16-17,19,27,31-33H,10,15,18,20-24H2,1-3H3;4-6,8-9,11-12,14,20,24-26,34H,7,10,13,15-18H2,1-3H3/t27-,31-,32?,33-;20-,24-,25?,26-/m00/s1. The number of hydrogen-bond acceptors (Lipinski definition) is 11. The summed E-state index contributed by atoms with van der Waals surface area (Å²) in [5, 5.41) is 12.4. The summed E-state index contributed by atoms with van der Waals surface area (Å²) in [6, 6.07) is 33.1. The zero-order valence-electron chi connectivity index (χ0n) is 51.6.